The summed E-state index contributed by atoms with van der Waals surface area (Å²) in [5.41, 5.74) is 2.03. The number of para-hydroxylation sites is 1. The second-order valence-corrected chi connectivity index (χ2v) is 9.86. The first-order valence-electron chi connectivity index (χ1n) is 11.9. The van der Waals surface area contributed by atoms with E-state index in [2.05, 4.69) is 22.3 Å². The monoisotopic (exact) mass is 470 g/mol. The predicted molar refractivity (Wildman–Crippen MR) is 133 cm³/mol. The van der Waals surface area contributed by atoms with E-state index < -0.39 is 0 Å². The van der Waals surface area contributed by atoms with E-state index in [0.29, 0.717) is 18.1 Å². The molecule has 2 aliphatic heterocycles. The average Bonchev–Trinajstić information content (AvgIpc) is 3.36. The third kappa shape index (κ3) is 5.00. The molecule has 1 aromatic heterocycles. The molecule has 1 aromatic carbocycles. The lowest BCUT2D eigenvalue weighted by molar-refractivity contribution is -0.143. The second kappa shape index (κ2) is 9.71. The summed E-state index contributed by atoms with van der Waals surface area (Å²) in [6.07, 6.45) is 3.36. The van der Waals surface area contributed by atoms with Crippen molar-refractivity contribution >= 4 is 40.1 Å². The van der Waals surface area contributed by atoms with Gasteiger partial charge in [-0.2, -0.15) is 0 Å². The van der Waals surface area contributed by atoms with E-state index in [4.69, 9.17) is 17.0 Å². The third-order valence-electron chi connectivity index (χ3n) is 7.16. The molecule has 3 heterocycles. The van der Waals surface area contributed by atoms with Crippen LogP contribution in [0, 0.1) is 5.41 Å². The van der Waals surface area contributed by atoms with Gasteiger partial charge in [0.2, 0.25) is 0 Å². The van der Waals surface area contributed by atoms with Crippen molar-refractivity contribution in [2.75, 3.05) is 32.8 Å². The SMILES string of the molecule is CCOC(=O)CC(C)NC(=S)N1CCC2(CCN(C(=O)c3cc4ccccc4n3C)CC2)C1. The molecule has 2 fully saturated rings. The molecule has 1 unspecified atom stereocenters. The third-order valence-corrected chi connectivity index (χ3v) is 7.53. The molecule has 7 nitrogen and oxygen atoms in total. The Labute approximate surface area is 201 Å². The minimum Gasteiger partial charge on any atom is -0.466 e. The lowest BCUT2D eigenvalue weighted by Gasteiger charge is -2.39. The molecule has 0 aliphatic carbocycles. The molecule has 0 radical (unpaired) electrons. The van der Waals surface area contributed by atoms with Crippen LogP contribution in [0.1, 0.15) is 50.0 Å². The molecule has 8 heteroatoms. The zero-order chi connectivity index (χ0) is 23.6. The molecule has 2 saturated heterocycles. The van der Waals surface area contributed by atoms with Gasteiger partial charge in [0.15, 0.2) is 5.11 Å². The summed E-state index contributed by atoms with van der Waals surface area (Å²) in [4.78, 5) is 29.2. The van der Waals surface area contributed by atoms with Crippen LogP contribution in [0.3, 0.4) is 0 Å². The lowest BCUT2D eigenvalue weighted by atomic mass is 9.77. The first-order chi connectivity index (χ1) is 15.8. The van der Waals surface area contributed by atoms with Crippen LogP contribution in [0.15, 0.2) is 30.3 Å². The number of aryl methyl sites for hydroxylation is 1. The Kier molecular flexibility index (Phi) is 6.93. The van der Waals surface area contributed by atoms with Crippen LogP contribution in [0.2, 0.25) is 0 Å². The van der Waals surface area contributed by atoms with E-state index in [1.807, 2.05) is 48.6 Å². The fraction of sp³-hybridized carbons (Fsp3) is 0.560. The molecular weight excluding hydrogens is 436 g/mol. The summed E-state index contributed by atoms with van der Waals surface area (Å²) >= 11 is 5.63. The normalized spacial score (nSPS) is 18.5. The zero-order valence-corrected chi connectivity index (χ0v) is 20.6. The van der Waals surface area contributed by atoms with Gasteiger partial charge in [0.1, 0.15) is 5.69 Å². The minimum absolute atomic E-state index is 0.0617. The number of rotatable bonds is 5. The fourth-order valence-electron chi connectivity index (χ4n) is 5.18. The number of carbonyl (C=O) groups is 2. The van der Waals surface area contributed by atoms with Crippen molar-refractivity contribution in [3.05, 3.63) is 36.0 Å². The zero-order valence-electron chi connectivity index (χ0n) is 19.8. The summed E-state index contributed by atoms with van der Waals surface area (Å²) in [6.45, 7) is 7.51. The quantitative estimate of drug-likeness (QED) is 0.534. The Balaban J connectivity index is 1.31. The van der Waals surface area contributed by atoms with E-state index in [-0.39, 0.29) is 23.3 Å². The van der Waals surface area contributed by atoms with Crippen LogP contribution in [0.25, 0.3) is 10.9 Å². The van der Waals surface area contributed by atoms with Gasteiger partial charge in [-0.25, -0.2) is 0 Å². The molecule has 1 atom stereocenters. The molecule has 2 aromatic rings. The number of benzene rings is 1. The molecule has 0 bridgehead atoms. The number of aromatic nitrogens is 1. The maximum atomic E-state index is 13.2. The van der Waals surface area contributed by atoms with Gasteiger partial charge in [-0.1, -0.05) is 18.2 Å². The maximum absolute atomic E-state index is 13.2. The standard InChI is InChI=1S/C25H34N4O3S/c1-4-32-22(30)15-18(2)26-24(33)29-14-11-25(17-29)9-12-28(13-10-25)23(31)21-16-19-7-5-6-8-20(19)27(21)3/h5-8,16,18H,4,9-15,17H2,1-3H3,(H,26,33). The summed E-state index contributed by atoms with van der Waals surface area (Å²) in [5.74, 6) is -0.0928. The van der Waals surface area contributed by atoms with Gasteiger partial charge >= 0.3 is 5.97 Å². The van der Waals surface area contributed by atoms with E-state index in [1.54, 1.807) is 0 Å². The van der Waals surface area contributed by atoms with E-state index in [9.17, 15) is 9.59 Å². The number of nitrogens with zero attached hydrogens (tertiary/aromatic N) is 3. The van der Waals surface area contributed by atoms with Crippen molar-refractivity contribution < 1.29 is 14.3 Å². The molecule has 178 valence electrons. The Morgan fingerprint density at radius 1 is 1.15 bits per heavy atom. The maximum Gasteiger partial charge on any atom is 0.307 e. The highest BCUT2D eigenvalue weighted by atomic mass is 32.1. The Morgan fingerprint density at radius 3 is 2.48 bits per heavy atom. The second-order valence-electron chi connectivity index (χ2n) is 9.47. The van der Waals surface area contributed by atoms with Crippen molar-refractivity contribution in [1.29, 1.82) is 0 Å². The van der Waals surface area contributed by atoms with Crippen molar-refractivity contribution in [1.82, 2.24) is 19.7 Å². The van der Waals surface area contributed by atoms with Crippen molar-refractivity contribution in [3.63, 3.8) is 0 Å². The van der Waals surface area contributed by atoms with Crippen LogP contribution in [0.5, 0.6) is 0 Å². The number of likely N-dealkylation sites (tertiary alicyclic amines) is 2. The number of carbonyl (C=O) groups excluding carboxylic acids is 2. The van der Waals surface area contributed by atoms with Crippen LogP contribution in [-0.4, -0.2) is 70.2 Å². The fourth-order valence-corrected chi connectivity index (χ4v) is 5.54. The van der Waals surface area contributed by atoms with Crippen molar-refractivity contribution in [3.8, 4) is 0 Å². The van der Waals surface area contributed by atoms with Gasteiger partial charge in [-0.15, -0.1) is 0 Å². The number of hydrogen-bond donors (Lipinski definition) is 1. The highest BCUT2D eigenvalue weighted by molar-refractivity contribution is 7.80. The lowest BCUT2D eigenvalue weighted by Crippen LogP contribution is -2.47. The van der Waals surface area contributed by atoms with E-state index in [0.717, 1.165) is 62.0 Å². The number of thiocarbonyl (C=S) groups is 1. The highest BCUT2D eigenvalue weighted by Gasteiger charge is 2.42. The molecule has 1 amide bonds. The Morgan fingerprint density at radius 2 is 1.82 bits per heavy atom. The molecule has 0 saturated carbocycles. The first-order valence-corrected chi connectivity index (χ1v) is 12.3. The van der Waals surface area contributed by atoms with Gasteiger partial charge in [0, 0.05) is 50.2 Å². The van der Waals surface area contributed by atoms with Gasteiger partial charge < -0.3 is 24.4 Å². The minimum atomic E-state index is -0.207. The number of hydrogen-bond acceptors (Lipinski definition) is 4. The molecule has 4 rings (SSSR count). The van der Waals surface area contributed by atoms with E-state index >= 15 is 0 Å². The topological polar surface area (TPSA) is 66.8 Å². The molecule has 1 N–H and O–H groups in total. The Bertz CT molecular complexity index is 1040. The van der Waals surface area contributed by atoms with Gasteiger partial charge in [0.05, 0.1) is 13.0 Å². The number of nitrogens with one attached hydrogen (secondary N) is 1. The van der Waals surface area contributed by atoms with E-state index in [1.165, 1.54) is 0 Å². The Hall–Kier alpha value is -2.61. The van der Waals surface area contributed by atoms with Crippen LogP contribution < -0.4 is 5.32 Å². The number of fused-ring (bicyclic) bond motifs is 1. The first kappa shape index (κ1) is 23.5. The molecule has 1 spiro atoms. The van der Waals surface area contributed by atoms with Crippen LogP contribution >= 0.6 is 12.2 Å². The average molecular weight is 471 g/mol. The van der Waals surface area contributed by atoms with Gasteiger partial charge in [0.25, 0.3) is 5.91 Å². The van der Waals surface area contributed by atoms with Crippen molar-refractivity contribution in [2.45, 2.75) is 45.6 Å². The van der Waals surface area contributed by atoms with Gasteiger partial charge in [-0.05, 0) is 62.9 Å². The number of amides is 1. The van der Waals surface area contributed by atoms with Crippen molar-refractivity contribution in [2.24, 2.45) is 12.5 Å². The summed E-state index contributed by atoms with van der Waals surface area (Å²) in [5, 5.41) is 5.09. The summed E-state index contributed by atoms with van der Waals surface area (Å²) in [7, 11) is 1.97. The summed E-state index contributed by atoms with van der Waals surface area (Å²) < 4.78 is 7.03. The van der Waals surface area contributed by atoms with Crippen LogP contribution in [0.4, 0.5) is 0 Å². The number of piperidine rings is 1. The molecular formula is C25H34N4O3S. The smallest absolute Gasteiger partial charge is 0.307 e. The number of esters is 1. The summed E-state index contributed by atoms with van der Waals surface area (Å²) in [6, 6.07) is 10.0. The molecule has 33 heavy (non-hydrogen) atoms. The predicted octanol–water partition coefficient (Wildman–Crippen LogP) is 3.32. The van der Waals surface area contributed by atoms with Gasteiger partial charge in [-0.3, -0.25) is 9.59 Å². The van der Waals surface area contributed by atoms with Crippen LogP contribution in [-0.2, 0) is 16.6 Å². The highest BCUT2D eigenvalue weighted by Crippen LogP contribution is 2.40. The largest absolute Gasteiger partial charge is 0.466 e. The number of ether oxygens (including phenoxy) is 1. The molecule has 2 aliphatic rings.